The summed E-state index contributed by atoms with van der Waals surface area (Å²) in [6, 6.07) is 2.54. The maximum Gasteiger partial charge on any atom is 0.145 e. The van der Waals surface area contributed by atoms with Crippen LogP contribution in [0, 0.1) is 6.92 Å². The molecule has 100 valence electrons. The lowest BCUT2D eigenvalue weighted by Crippen LogP contribution is -2.39. The van der Waals surface area contributed by atoms with Gasteiger partial charge in [-0.1, -0.05) is 13.3 Å². The van der Waals surface area contributed by atoms with Gasteiger partial charge >= 0.3 is 0 Å². The van der Waals surface area contributed by atoms with Crippen LogP contribution in [0.1, 0.15) is 44.1 Å². The molecule has 0 bridgehead atoms. The quantitative estimate of drug-likeness (QED) is 0.629. The molecule has 18 heavy (non-hydrogen) atoms. The third-order valence-corrected chi connectivity index (χ3v) is 3.61. The van der Waals surface area contributed by atoms with Crippen LogP contribution in [0.4, 0.5) is 5.82 Å². The molecule has 5 nitrogen and oxygen atoms in total. The summed E-state index contributed by atoms with van der Waals surface area (Å²) >= 11 is 0. The predicted molar refractivity (Wildman–Crippen MR) is 72.9 cm³/mol. The van der Waals surface area contributed by atoms with Gasteiger partial charge in [0.2, 0.25) is 0 Å². The Kier molecular flexibility index (Phi) is 4.49. The van der Waals surface area contributed by atoms with Crippen molar-refractivity contribution in [1.29, 1.82) is 0 Å². The van der Waals surface area contributed by atoms with Crippen LogP contribution in [0.3, 0.4) is 0 Å². The largest absolute Gasteiger partial charge is 0.308 e. The van der Waals surface area contributed by atoms with E-state index in [1.54, 1.807) is 0 Å². The summed E-state index contributed by atoms with van der Waals surface area (Å²) in [5.74, 6) is 6.98. The summed E-state index contributed by atoms with van der Waals surface area (Å²) in [6.07, 6.45) is 5.13. The first-order chi connectivity index (χ1) is 8.72. The first kappa shape index (κ1) is 13.2. The Morgan fingerprint density at radius 2 is 2.28 bits per heavy atom. The van der Waals surface area contributed by atoms with Crippen molar-refractivity contribution in [1.82, 2.24) is 14.9 Å². The summed E-state index contributed by atoms with van der Waals surface area (Å²) in [4.78, 5) is 11.4. The second kappa shape index (κ2) is 6.11. The molecule has 0 aliphatic carbocycles. The molecule has 0 amide bonds. The molecular formula is C13H23N5. The lowest BCUT2D eigenvalue weighted by Gasteiger charge is -2.34. The maximum atomic E-state index is 5.42. The van der Waals surface area contributed by atoms with E-state index >= 15 is 0 Å². The Morgan fingerprint density at radius 1 is 1.44 bits per heavy atom. The average molecular weight is 249 g/mol. The van der Waals surface area contributed by atoms with E-state index in [9.17, 15) is 0 Å². The van der Waals surface area contributed by atoms with E-state index in [-0.39, 0.29) is 0 Å². The summed E-state index contributed by atoms with van der Waals surface area (Å²) in [5.41, 5.74) is 3.56. The minimum absolute atomic E-state index is 0.678. The number of hydrogen-bond donors (Lipinski definition) is 2. The SMILES string of the molecule is CCC1CCCCN1Cc1nc(C)cc(NN)n1. The number of nitrogens with two attached hydrogens (primary N) is 1. The molecule has 1 aliphatic heterocycles. The highest BCUT2D eigenvalue weighted by Gasteiger charge is 2.21. The van der Waals surface area contributed by atoms with Crippen molar-refractivity contribution < 1.29 is 0 Å². The number of nitrogens with one attached hydrogen (secondary N) is 1. The van der Waals surface area contributed by atoms with Gasteiger partial charge in [-0.05, 0) is 32.7 Å². The first-order valence-electron chi connectivity index (χ1n) is 6.78. The summed E-state index contributed by atoms with van der Waals surface area (Å²) < 4.78 is 0. The second-order valence-corrected chi connectivity index (χ2v) is 4.98. The van der Waals surface area contributed by atoms with E-state index in [0.29, 0.717) is 11.9 Å². The minimum Gasteiger partial charge on any atom is -0.308 e. The van der Waals surface area contributed by atoms with Crippen molar-refractivity contribution in [2.24, 2.45) is 5.84 Å². The molecular weight excluding hydrogens is 226 g/mol. The van der Waals surface area contributed by atoms with Crippen LogP contribution < -0.4 is 11.3 Å². The molecule has 5 heteroatoms. The molecule has 1 atom stereocenters. The van der Waals surface area contributed by atoms with Gasteiger partial charge in [0.05, 0.1) is 6.54 Å². The molecule has 0 spiro atoms. The Balaban J connectivity index is 2.09. The lowest BCUT2D eigenvalue weighted by molar-refractivity contribution is 0.132. The molecule has 2 rings (SSSR count). The fourth-order valence-corrected chi connectivity index (χ4v) is 2.69. The zero-order valence-corrected chi connectivity index (χ0v) is 11.3. The van der Waals surface area contributed by atoms with E-state index in [1.807, 2.05) is 13.0 Å². The topological polar surface area (TPSA) is 67.1 Å². The third-order valence-electron chi connectivity index (χ3n) is 3.61. The van der Waals surface area contributed by atoms with Gasteiger partial charge in [-0.3, -0.25) is 4.90 Å². The third kappa shape index (κ3) is 3.17. The lowest BCUT2D eigenvalue weighted by atomic mass is 10.0. The highest BCUT2D eigenvalue weighted by Crippen LogP contribution is 2.21. The van der Waals surface area contributed by atoms with E-state index in [1.165, 1.54) is 25.7 Å². The molecule has 1 aromatic rings. The van der Waals surface area contributed by atoms with Crippen LogP contribution >= 0.6 is 0 Å². The summed E-state index contributed by atoms with van der Waals surface area (Å²) in [5, 5.41) is 0. The number of nitrogen functional groups attached to an aromatic ring is 1. The molecule has 1 aromatic heterocycles. The number of anilines is 1. The summed E-state index contributed by atoms with van der Waals surface area (Å²) in [7, 11) is 0. The highest BCUT2D eigenvalue weighted by atomic mass is 15.3. The van der Waals surface area contributed by atoms with Crippen molar-refractivity contribution in [3.8, 4) is 0 Å². The van der Waals surface area contributed by atoms with E-state index in [4.69, 9.17) is 5.84 Å². The van der Waals surface area contributed by atoms with Gasteiger partial charge in [0.1, 0.15) is 11.6 Å². The molecule has 3 N–H and O–H groups in total. The zero-order chi connectivity index (χ0) is 13.0. The average Bonchev–Trinajstić information content (AvgIpc) is 2.38. The van der Waals surface area contributed by atoms with Gasteiger partial charge in [-0.25, -0.2) is 15.8 Å². The van der Waals surface area contributed by atoms with Gasteiger partial charge in [-0.2, -0.15) is 0 Å². The monoisotopic (exact) mass is 249 g/mol. The minimum atomic E-state index is 0.678. The standard InChI is InChI=1S/C13H23N5/c1-3-11-6-4-5-7-18(11)9-13-15-10(2)8-12(16-13)17-14/h8,11H,3-7,9,14H2,1-2H3,(H,15,16,17). The van der Waals surface area contributed by atoms with E-state index in [0.717, 1.165) is 24.6 Å². The number of aromatic nitrogens is 2. The van der Waals surface area contributed by atoms with Gasteiger partial charge < -0.3 is 5.43 Å². The number of hydrazine groups is 1. The number of nitrogens with zero attached hydrogens (tertiary/aromatic N) is 3. The molecule has 1 saturated heterocycles. The molecule has 0 aromatic carbocycles. The van der Waals surface area contributed by atoms with Crippen molar-refractivity contribution in [3.63, 3.8) is 0 Å². The number of likely N-dealkylation sites (tertiary alicyclic amines) is 1. The van der Waals surface area contributed by atoms with Crippen LogP contribution in [-0.2, 0) is 6.54 Å². The van der Waals surface area contributed by atoms with Gasteiger partial charge in [0.25, 0.3) is 0 Å². The normalized spacial score (nSPS) is 20.9. The summed E-state index contributed by atoms with van der Waals surface area (Å²) in [6.45, 7) is 6.21. The molecule has 1 unspecified atom stereocenters. The number of hydrogen-bond acceptors (Lipinski definition) is 5. The number of rotatable bonds is 4. The Hall–Kier alpha value is -1.20. The van der Waals surface area contributed by atoms with Crippen LogP contribution in [0.25, 0.3) is 0 Å². The van der Waals surface area contributed by atoms with Gasteiger partial charge in [-0.15, -0.1) is 0 Å². The smallest absolute Gasteiger partial charge is 0.145 e. The maximum absolute atomic E-state index is 5.42. The molecule has 1 aliphatic rings. The van der Waals surface area contributed by atoms with E-state index in [2.05, 4.69) is 27.2 Å². The predicted octanol–water partition coefficient (Wildman–Crippen LogP) is 1.84. The number of aryl methyl sites for hydroxylation is 1. The van der Waals surface area contributed by atoms with E-state index < -0.39 is 0 Å². The molecule has 2 heterocycles. The van der Waals surface area contributed by atoms with Crippen molar-refractivity contribution in [3.05, 3.63) is 17.6 Å². The van der Waals surface area contributed by atoms with Crippen LogP contribution in [0.2, 0.25) is 0 Å². The molecule has 1 fully saturated rings. The Bertz CT molecular complexity index is 393. The number of piperidine rings is 1. The second-order valence-electron chi connectivity index (χ2n) is 4.98. The Morgan fingerprint density at radius 3 is 3.00 bits per heavy atom. The highest BCUT2D eigenvalue weighted by molar-refractivity contribution is 5.33. The van der Waals surface area contributed by atoms with Gasteiger partial charge in [0.15, 0.2) is 0 Å². The fourth-order valence-electron chi connectivity index (χ4n) is 2.69. The molecule has 0 radical (unpaired) electrons. The molecule has 0 saturated carbocycles. The zero-order valence-electron chi connectivity index (χ0n) is 11.3. The van der Waals surface area contributed by atoms with Crippen molar-refractivity contribution >= 4 is 5.82 Å². The van der Waals surface area contributed by atoms with Crippen molar-refractivity contribution in [2.75, 3.05) is 12.0 Å². The fraction of sp³-hybridized carbons (Fsp3) is 0.692. The van der Waals surface area contributed by atoms with Crippen molar-refractivity contribution in [2.45, 2.75) is 52.1 Å². The first-order valence-corrected chi connectivity index (χ1v) is 6.78. The van der Waals surface area contributed by atoms with Gasteiger partial charge in [0, 0.05) is 17.8 Å². The van der Waals surface area contributed by atoms with Crippen LogP contribution in [0.15, 0.2) is 6.07 Å². The Labute approximate surface area is 109 Å². The van der Waals surface area contributed by atoms with Crippen LogP contribution in [-0.4, -0.2) is 27.5 Å². The van der Waals surface area contributed by atoms with Crippen LogP contribution in [0.5, 0.6) is 0 Å².